The Hall–Kier alpha value is -4.06. The van der Waals surface area contributed by atoms with Crippen molar-refractivity contribution in [3.8, 4) is 5.75 Å². The van der Waals surface area contributed by atoms with E-state index in [2.05, 4.69) is 22.5 Å². The molecule has 3 aromatic carbocycles. The van der Waals surface area contributed by atoms with E-state index in [1.54, 1.807) is 67.7 Å². The van der Waals surface area contributed by atoms with Gasteiger partial charge < -0.3 is 21.1 Å². The zero-order valence-electron chi connectivity index (χ0n) is 17.3. The largest absolute Gasteiger partial charge is 0.508 e. The van der Waals surface area contributed by atoms with Crippen LogP contribution in [-0.2, 0) is 11.2 Å². The number of hydrogen-bond donors (Lipinski definition) is 4. The van der Waals surface area contributed by atoms with Crippen LogP contribution in [0.1, 0.15) is 21.5 Å². The number of rotatable bonds is 8. The Kier molecular flexibility index (Phi) is 7.06. The van der Waals surface area contributed by atoms with Crippen LogP contribution in [0, 0.1) is 0 Å². The lowest BCUT2D eigenvalue weighted by Crippen LogP contribution is -2.45. The van der Waals surface area contributed by atoms with Crippen LogP contribution in [0.25, 0.3) is 6.08 Å². The van der Waals surface area contributed by atoms with Crippen LogP contribution in [-0.4, -0.2) is 30.0 Å². The smallest absolute Gasteiger partial charge is 0.251 e. The maximum Gasteiger partial charge on any atom is 0.251 e. The Bertz CT molecular complexity index is 1060. The molecule has 0 aliphatic heterocycles. The van der Waals surface area contributed by atoms with Crippen LogP contribution >= 0.6 is 0 Å². The molecule has 3 aromatic rings. The SMILES string of the molecule is C=Cc1cccc(NC(=O)C(Cc2ccc(O)cc2)NC(=O)c2ccccc2)c1NC. The molecule has 0 radical (unpaired) electrons. The van der Waals surface area contributed by atoms with Crippen LogP contribution in [0.5, 0.6) is 5.75 Å². The number of para-hydroxylation sites is 1. The summed E-state index contributed by atoms with van der Waals surface area (Å²) in [6.45, 7) is 3.80. The second-order valence-electron chi connectivity index (χ2n) is 6.98. The zero-order valence-corrected chi connectivity index (χ0v) is 17.3. The summed E-state index contributed by atoms with van der Waals surface area (Å²) in [5, 5.41) is 18.4. The van der Waals surface area contributed by atoms with E-state index >= 15 is 0 Å². The second-order valence-corrected chi connectivity index (χ2v) is 6.98. The molecule has 0 fully saturated rings. The highest BCUT2D eigenvalue weighted by Crippen LogP contribution is 2.27. The molecule has 0 heterocycles. The van der Waals surface area contributed by atoms with Gasteiger partial charge in [0.1, 0.15) is 11.8 Å². The fourth-order valence-electron chi connectivity index (χ4n) is 3.25. The molecular formula is C25H25N3O3. The molecule has 3 rings (SSSR count). The number of carbonyl (C=O) groups excluding carboxylic acids is 2. The van der Waals surface area contributed by atoms with Crippen LogP contribution in [0.2, 0.25) is 0 Å². The van der Waals surface area contributed by atoms with Crippen molar-refractivity contribution < 1.29 is 14.7 Å². The summed E-state index contributed by atoms with van der Waals surface area (Å²) >= 11 is 0. The average molecular weight is 415 g/mol. The van der Waals surface area contributed by atoms with Crippen molar-refractivity contribution in [2.75, 3.05) is 17.7 Å². The Labute approximate surface area is 181 Å². The summed E-state index contributed by atoms with van der Waals surface area (Å²) in [6, 6.07) is 20.0. The Morgan fingerprint density at radius 2 is 1.71 bits per heavy atom. The molecule has 0 saturated carbocycles. The first-order valence-electron chi connectivity index (χ1n) is 9.89. The lowest BCUT2D eigenvalue weighted by molar-refractivity contribution is -0.118. The minimum atomic E-state index is -0.825. The lowest BCUT2D eigenvalue weighted by Gasteiger charge is -2.20. The fraction of sp³-hybridized carbons (Fsp3) is 0.120. The minimum absolute atomic E-state index is 0.137. The van der Waals surface area contributed by atoms with Gasteiger partial charge in [0.05, 0.1) is 11.4 Å². The van der Waals surface area contributed by atoms with Gasteiger partial charge in [-0.05, 0) is 41.5 Å². The molecular weight excluding hydrogens is 390 g/mol. The monoisotopic (exact) mass is 415 g/mol. The standard InChI is InChI=1S/C25H25N3O3/c1-3-18-10-7-11-21(23(18)26-2)27-25(31)22(16-17-12-14-20(29)15-13-17)28-24(30)19-8-5-4-6-9-19/h3-15,22,26,29H,1,16H2,2H3,(H,27,31)(H,28,30). The maximum atomic E-state index is 13.2. The van der Waals surface area contributed by atoms with Crippen LogP contribution in [0.3, 0.4) is 0 Å². The van der Waals surface area contributed by atoms with Gasteiger partial charge in [0.15, 0.2) is 0 Å². The summed E-state index contributed by atoms with van der Waals surface area (Å²) < 4.78 is 0. The lowest BCUT2D eigenvalue weighted by atomic mass is 10.0. The first kappa shape index (κ1) is 21.6. The predicted octanol–water partition coefficient (Wildman–Crippen LogP) is 4.06. The first-order chi connectivity index (χ1) is 15.0. The molecule has 1 unspecified atom stereocenters. The molecule has 0 bridgehead atoms. The summed E-state index contributed by atoms with van der Waals surface area (Å²) in [7, 11) is 1.77. The highest BCUT2D eigenvalue weighted by atomic mass is 16.3. The van der Waals surface area contributed by atoms with Gasteiger partial charge in [0.2, 0.25) is 5.91 Å². The summed E-state index contributed by atoms with van der Waals surface area (Å²) in [5.74, 6) is -0.554. The molecule has 0 aromatic heterocycles. The van der Waals surface area contributed by atoms with Crippen LogP contribution < -0.4 is 16.0 Å². The molecule has 6 nitrogen and oxygen atoms in total. The molecule has 0 saturated heterocycles. The highest BCUT2D eigenvalue weighted by Gasteiger charge is 2.23. The molecule has 0 aliphatic carbocycles. The number of phenols is 1. The highest BCUT2D eigenvalue weighted by molar-refractivity contribution is 6.03. The van der Waals surface area contributed by atoms with Gasteiger partial charge in [-0.15, -0.1) is 0 Å². The third kappa shape index (κ3) is 5.51. The molecule has 158 valence electrons. The third-order valence-corrected chi connectivity index (χ3v) is 4.86. The Morgan fingerprint density at radius 3 is 2.35 bits per heavy atom. The molecule has 6 heteroatoms. The van der Waals surface area contributed by atoms with Gasteiger partial charge in [-0.25, -0.2) is 0 Å². The average Bonchev–Trinajstić information content (AvgIpc) is 2.80. The van der Waals surface area contributed by atoms with E-state index in [9.17, 15) is 14.7 Å². The van der Waals surface area contributed by atoms with Crippen LogP contribution in [0.15, 0.2) is 79.4 Å². The number of aromatic hydroxyl groups is 1. The van der Waals surface area contributed by atoms with E-state index in [-0.39, 0.29) is 24.0 Å². The Morgan fingerprint density at radius 1 is 1.00 bits per heavy atom. The van der Waals surface area contributed by atoms with Crippen molar-refractivity contribution in [1.29, 1.82) is 0 Å². The minimum Gasteiger partial charge on any atom is -0.508 e. The number of nitrogens with one attached hydrogen (secondary N) is 3. The third-order valence-electron chi connectivity index (χ3n) is 4.86. The fourth-order valence-corrected chi connectivity index (χ4v) is 3.25. The van der Waals surface area contributed by atoms with E-state index in [1.807, 2.05) is 18.2 Å². The van der Waals surface area contributed by atoms with Crippen molar-refractivity contribution in [2.45, 2.75) is 12.5 Å². The molecule has 2 amide bonds. The molecule has 1 atom stereocenters. The first-order valence-corrected chi connectivity index (χ1v) is 9.89. The predicted molar refractivity (Wildman–Crippen MR) is 124 cm³/mol. The normalized spacial score (nSPS) is 11.3. The van der Waals surface area contributed by atoms with Gasteiger partial charge in [-0.2, -0.15) is 0 Å². The zero-order chi connectivity index (χ0) is 22.2. The number of phenolic OH excluding ortho intramolecular Hbond substituents is 1. The quantitative estimate of drug-likeness (QED) is 0.447. The van der Waals surface area contributed by atoms with E-state index < -0.39 is 6.04 Å². The van der Waals surface area contributed by atoms with E-state index in [0.29, 0.717) is 11.3 Å². The number of benzene rings is 3. The number of amides is 2. The number of hydrogen-bond acceptors (Lipinski definition) is 4. The van der Waals surface area contributed by atoms with Gasteiger partial charge in [0.25, 0.3) is 5.91 Å². The van der Waals surface area contributed by atoms with Crippen LogP contribution in [0.4, 0.5) is 11.4 Å². The molecule has 0 spiro atoms. The van der Waals surface area contributed by atoms with E-state index in [4.69, 9.17) is 0 Å². The summed E-state index contributed by atoms with van der Waals surface area (Å²) in [4.78, 5) is 25.9. The van der Waals surface area contributed by atoms with E-state index in [1.165, 1.54) is 0 Å². The Balaban J connectivity index is 1.86. The summed E-state index contributed by atoms with van der Waals surface area (Å²) in [5.41, 5.74) is 3.46. The maximum absolute atomic E-state index is 13.2. The van der Waals surface area contributed by atoms with Crippen molar-refractivity contribution in [1.82, 2.24) is 5.32 Å². The second kappa shape index (κ2) is 10.1. The van der Waals surface area contributed by atoms with Gasteiger partial charge >= 0.3 is 0 Å². The summed E-state index contributed by atoms with van der Waals surface area (Å²) in [6.07, 6.45) is 1.97. The molecule has 31 heavy (non-hydrogen) atoms. The van der Waals surface area contributed by atoms with Gasteiger partial charge in [-0.1, -0.05) is 55.1 Å². The molecule has 0 aliphatic rings. The van der Waals surface area contributed by atoms with Crippen molar-refractivity contribution >= 4 is 29.3 Å². The number of anilines is 2. The molecule has 4 N–H and O–H groups in total. The van der Waals surface area contributed by atoms with Crippen molar-refractivity contribution in [3.05, 3.63) is 96.1 Å². The topological polar surface area (TPSA) is 90.5 Å². The van der Waals surface area contributed by atoms with Gasteiger partial charge in [-0.3, -0.25) is 9.59 Å². The van der Waals surface area contributed by atoms with Crippen molar-refractivity contribution in [3.63, 3.8) is 0 Å². The van der Waals surface area contributed by atoms with E-state index in [0.717, 1.165) is 16.8 Å². The van der Waals surface area contributed by atoms with Crippen molar-refractivity contribution in [2.24, 2.45) is 0 Å². The van der Waals surface area contributed by atoms with Gasteiger partial charge in [0, 0.05) is 19.0 Å². The number of carbonyl (C=O) groups is 2.